The van der Waals surface area contributed by atoms with Crippen molar-refractivity contribution in [3.05, 3.63) is 41.2 Å². The van der Waals surface area contributed by atoms with Crippen molar-refractivity contribution in [1.29, 1.82) is 0 Å². The Morgan fingerprint density at radius 2 is 2.53 bits per heavy atom. The van der Waals surface area contributed by atoms with E-state index in [1.807, 2.05) is 0 Å². The molecule has 1 aromatic rings. The largest absolute Gasteiger partial charge is 0.441 e. The van der Waals surface area contributed by atoms with Crippen LogP contribution in [0.15, 0.2) is 35.6 Å². The van der Waals surface area contributed by atoms with Crippen LogP contribution in [-0.4, -0.2) is 11.1 Å². The number of aromatic nitrogens is 1. The molecular formula is C10H11BrN2O2. The maximum atomic E-state index is 10.7. The Morgan fingerprint density at radius 1 is 1.80 bits per heavy atom. The summed E-state index contributed by atoms with van der Waals surface area (Å²) >= 11 is 3.24. The van der Waals surface area contributed by atoms with Crippen LogP contribution in [0, 0.1) is 0 Å². The second-order valence-corrected chi connectivity index (χ2v) is 3.67. The van der Waals surface area contributed by atoms with Crippen LogP contribution in [0.5, 0.6) is 0 Å². The first-order chi connectivity index (χ1) is 7.13. The molecule has 4 nitrogen and oxygen atoms in total. The van der Waals surface area contributed by atoms with Crippen molar-refractivity contribution < 1.29 is 9.53 Å². The summed E-state index contributed by atoms with van der Waals surface area (Å²) in [6.07, 6.45) is 2.61. The second-order valence-electron chi connectivity index (χ2n) is 2.86. The molecule has 0 radical (unpaired) electrons. The van der Waals surface area contributed by atoms with Crippen LogP contribution >= 0.6 is 15.9 Å². The Morgan fingerprint density at radius 3 is 3.07 bits per heavy atom. The monoisotopic (exact) mass is 270 g/mol. The Hall–Kier alpha value is -1.36. The van der Waals surface area contributed by atoms with Gasteiger partial charge in [0.25, 0.3) is 0 Å². The Labute approximate surface area is 96.3 Å². The van der Waals surface area contributed by atoms with Gasteiger partial charge in [0, 0.05) is 12.6 Å². The summed E-state index contributed by atoms with van der Waals surface area (Å²) in [5.74, 6) is 0. The highest BCUT2D eigenvalue weighted by molar-refractivity contribution is 9.10. The first-order valence-electron chi connectivity index (χ1n) is 4.32. The smallest absolute Gasteiger partial charge is 0.405 e. The maximum Gasteiger partial charge on any atom is 0.405 e. The quantitative estimate of drug-likeness (QED) is 0.676. The summed E-state index contributed by atoms with van der Waals surface area (Å²) in [6.45, 7) is 3.60. The van der Waals surface area contributed by atoms with Crippen molar-refractivity contribution in [1.82, 2.24) is 4.98 Å². The number of nitrogens with zero attached hydrogens (tertiary/aromatic N) is 1. The molecule has 0 fully saturated rings. The minimum Gasteiger partial charge on any atom is -0.441 e. The first kappa shape index (κ1) is 11.7. The number of ether oxygens (including phenoxy) is 1. The van der Waals surface area contributed by atoms with Gasteiger partial charge in [0.15, 0.2) is 0 Å². The molecule has 0 saturated heterocycles. The van der Waals surface area contributed by atoms with Crippen LogP contribution in [0.4, 0.5) is 4.79 Å². The zero-order valence-electron chi connectivity index (χ0n) is 8.02. The number of amides is 1. The Balaban J connectivity index is 2.87. The van der Waals surface area contributed by atoms with Gasteiger partial charge >= 0.3 is 6.09 Å². The van der Waals surface area contributed by atoms with Crippen LogP contribution < -0.4 is 5.73 Å². The third kappa shape index (κ3) is 3.71. The van der Waals surface area contributed by atoms with E-state index >= 15 is 0 Å². The fourth-order valence-electron chi connectivity index (χ4n) is 1.16. The SMILES string of the molecule is C=CCC(OC(N)=O)c1ccnc(Br)c1. The van der Waals surface area contributed by atoms with Crippen LogP contribution in [0.2, 0.25) is 0 Å². The second kappa shape index (κ2) is 5.50. The summed E-state index contributed by atoms with van der Waals surface area (Å²) in [7, 11) is 0. The minimum absolute atomic E-state index is 0.403. The molecule has 5 heteroatoms. The number of halogens is 1. The van der Waals surface area contributed by atoms with Gasteiger partial charge in [0.2, 0.25) is 0 Å². The van der Waals surface area contributed by atoms with E-state index in [4.69, 9.17) is 10.5 Å². The number of primary amides is 1. The van der Waals surface area contributed by atoms with E-state index in [0.29, 0.717) is 11.0 Å². The lowest BCUT2D eigenvalue weighted by molar-refractivity contribution is 0.108. The number of carbonyl (C=O) groups excluding carboxylic acids is 1. The van der Waals surface area contributed by atoms with E-state index in [0.717, 1.165) is 5.56 Å². The average Bonchev–Trinajstić information content (AvgIpc) is 2.16. The minimum atomic E-state index is -0.796. The van der Waals surface area contributed by atoms with Crippen molar-refractivity contribution in [2.24, 2.45) is 5.73 Å². The van der Waals surface area contributed by atoms with Gasteiger partial charge in [0.1, 0.15) is 10.7 Å². The molecule has 0 aliphatic rings. The van der Waals surface area contributed by atoms with E-state index < -0.39 is 12.2 Å². The maximum absolute atomic E-state index is 10.7. The van der Waals surface area contributed by atoms with E-state index in [1.54, 1.807) is 24.4 Å². The van der Waals surface area contributed by atoms with E-state index in [1.165, 1.54) is 0 Å². The molecule has 80 valence electrons. The lowest BCUT2D eigenvalue weighted by Gasteiger charge is -2.14. The van der Waals surface area contributed by atoms with Crippen LogP contribution in [-0.2, 0) is 4.74 Å². The molecule has 1 amide bonds. The molecule has 0 aliphatic carbocycles. The van der Waals surface area contributed by atoms with Crippen LogP contribution in [0.25, 0.3) is 0 Å². The van der Waals surface area contributed by atoms with Gasteiger partial charge in [-0.3, -0.25) is 0 Å². The Bertz CT molecular complexity index is 368. The predicted molar refractivity (Wildman–Crippen MR) is 60.2 cm³/mol. The molecule has 15 heavy (non-hydrogen) atoms. The fraction of sp³-hybridized carbons (Fsp3) is 0.200. The van der Waals surface area contributed by atoms with Crippen molar-refractivity contribution in [3.8, 4) is 0 Å². The van der Waals surface area contributed by atoms with Crippen molar-refractivity contribution in [2.75, 3.05) is 0 Å². The van der Waals surface area contributed by atoms with E-state index in [2.05, 4.69) is 27.5 Å². The third-order valence-electron chi connectivity index (χ3n) is 1.76. The summed E-state index contributed by atoms with van der Waals surface area (Å²) in [6, 6.07) is 3.54. The zero-order valence-corrected chi connectivity index (χ0v) is 9.61. The summed E-state index contributed by atoms with van der Waals surface area (Å²) in [4.78, 5) is 14.7. The number of carbonyl (C=O) groups is 1. The normalized spacial score (nSPS) is 11.8. The first-order valence-corrected chi connectivity index (χ1v) is 5.11. The number of pyridine rings is 1. The van der Waals surface area contributed by atoms with Crippen molar-refractivity contribution >= 4 is 22.0 Å². The molecule has 1 rings (SSSR count). The molecular weight excluding hydrogens is 260 g/mol. The third-order valence-corrected chi connectivity index (χ3v) is 2.20. The molecule has 1 atom stereocenters. The molecule has 1 heterocycles. The number of hydrogen-bond donors (Lipinski definition) is 1. The summed E-state index contributed by atoms with van der Waals surface area (Å²) in [5, 5.41) is 0. The molecule has 0 bridgehead atoms. The van der Waals surface area contributed by atoms with Crippen LogP contribution in [0.3, 0.4) is 0 Å². The molecule has 2 N–H and O–H groups in total. The van der Waals surface area contributed by atoms with Gasteiger partial charge in [-0.2, -0.15) is 0 Å². The Kier molecular flexibility index (Phi) is 4.30. The molecule has 1 aromatic heterocycles. The highest BCUT2D eigenvalue weighted by atomic mass is 79.9. The molecule has 0 aliphatic heterocycles. The van der Waals surface area contributed by atoms with E-state index in [9.17, 15) is 4.79 Å². The van der Waals surface area contributed by atoms with Gasteiger partial charge in [-0.25, -0.2) is 9.78 Å². The van der Waals surface area contributed by atoms with Gasteiger partial charge in [0.05, 0.1) is 0 Å². The highest BCUT2D eigenvalue weighted by Gasteiger charge is 2.13. The van der Waals surface area contributed by atoms with Gasteiger partial charge in [-0.1, -0.05) is 6.08 Å². The summed E-state index contributed by atoms with van der Waals surface area (Å²) in [5.41, 5.74) is 5.81. The number of hydrogen-bond acceptors (Lipinski definition) is 3. The lowest BCUT2D eigenvalue weighted by atomic mass is 10.1. The van der Waals surface area contributed by atoms with Crippen LogP contribution in [0.1, 0.15) is 18.1 Å². The zero-order chi connectivity index (χ0) is 11.3. The highest BCUT2D eigenvalue weighted by Crippen LogP contribution is 2.23. The molecule has 0 saturated carbocycles. The topological polar surface area (TPSA) is 65.2 Å². The number of nitrogens with two attached hydrogens (primary N) is 1. The van der Waals surface area contributed by atoms with Gasteiger partial charge in [-0.15, -0.1) is 6.58 Å². The lowest BCUT2D eigenvalue weighted by Crippen LogP contribution is -2.17. The fourth-order valence-corrected chi connectivity index (χ4v) is 1.54. The average molecular weight is 271 g/mol. The van der Waals surface area contributed by atoms with Gasteiger partial charge < -0.3 is 10.5 Å². The molecule has 0 aromatic carbocycles. The van der Waals surface area contributed by atoms with Crippen molar-refractivity contribution in [2.45, 2.75) is 12.5 Å². The van der Waals surface area contributed by atoms with Crippen molar-refractivity contribution in [3.63, 3.8) is 0 Å². The standard InChI is InChI=1S/C10H11BrN2O2/c1-2-3-8(15-10(12)14)7-4-5-13-9(11)6-7/h2,4-6,8H,1,3H2,(H2,12,14). The number of rotatable bonds is 4. The predicted octanol–water partition coefficient (Wildman–Crippen LogP) is 2.56. The van der Waals surface area contributed by atoms with E-state index in [-0.39, 0.29) is 0 Å². The molecule has 1 unspecified atom stereocenters. The summed E-state index contributed by atoms with van der Waals surface area (Å²) < 4.78 is 5.63. The molecule has 0 spiro atoms. The van der Waals surface area contributed by atoms with Gasteiger partial charge in [-0.05, 0) is 33.6 Å².